The molecule has 3 N–H and O–H groups in total. The molecule has 3 heteroatoms. The molecule has 3 aliphatic rings. The van der Waals surface area contributed by atoms with Crippen molar-refractivity contribution in [2.45, 2.75) is 59.0 Å². The maximum absolute atomic E-state index is 12.3. The van der Waals surface area contributed by atoms with Crippen LogP contribution >= 0.6 is 0 Å². The second-order valence-corrected chi connectivity index (χ2v) is 7.99. The molecule has 0 spiro atoms. The molecule has 0 bridgehead atoms. The van der Waals surface area contributed by atoms with Crippen molar-refractivity contribution < 1.29 is 4.79 Å². The van der Waals surface area contributed by atoms with Crippen LogP contribution in [0.15, 0.2) is 0 Å². The van der Waals surface area contributed by atoms with Crippen molar-refractivity contribution in [3.05, 3.63) is 0 Å². The molecule has 102 valence electrons. The molecule has 0 radical (unpaired) electrons. The zero-order valence-electron chi connectivity index (χ0n) is 12.0. The van der Waals surface area contributed by atoms with Crippen LogP contribution < -0.4 is 11.1 Å². The summed E-state index contributed by atoms with van der Waals surface area (Å²) in [5.41, 5.74) is 6.26. The van der Waals surface area contributed by atoms with Crippen molar-refractivity contribution in [1.82, 2.24) is 5.32 Å². The van der Waals surface area contributed by atoms with Crippen LogP contribution in [0.4, 0.5) is 0 Å². The molecule has 0 saturated heterocycles. The molecule has 3 rings (SSSR count). The third kappa shape index (κ3) is 1.56. The minimum Gasteiger partial charge on any atom is -0.352 e. The van der Waals surface area contributed by atoms with Gasteiger partial charge in [-0.3, -0.25) is 4.79 Å². The highest BCUT2D eigenvalue weighted by atomic mass is 16.2. The number of nitrogens with two attached hydrogens (primary N) is 1. The highest BCUT2D eigenvalue weighted by Crippen LogP contribution is 2.55. The molecule has 0 aliphatic heterocycles. The Morgan fingerprint density at radius 3 is 2.06 bits per heavy atom. The number of hydrogen-bond donors (Lipinski definition) is 2. The van der Waals surface area contributed by atoms with Crippen LogP contribution in [-0.4, -0.2) is 18.0 Å². The summed E-state index contributed by atoms with van der Waals surface area (Å²) < 4.78 is 0. The Morgan fingerprint density at radius 1 is 1.06 bits per heavy atom. The Balaban J connectivity index is 1.64. The van der Waals surface area contributed by atoms with Crippen LogP contribution in [0.2, 0.25) is 0 Å². The summed E-state index contributed by atoms with van der Waals surface area (Å²) in [4.78, 5) is 12.3. The number of fused-ring (bicyclic) bond motifs is 1. The molecule has 0 aromatic carbocycles. The van der Waals surface area contributed by atoms with E-state index in [1.165, 1.54) is 6.42 Å². The molecular formula is C15H26N2O. The minimum atomic E-state index is 0.0146. The number of hydrogen-bond acceptors (Lipinski definition) is 2. The van der Waals surface area contributed by atoms with Gasteiger partial charge in [-0.15, -0.1) is 0 Å². The Morgan fingerprint density at radius 2 is 1.56 bits per heavy atom. The van der Waals surface area contributed by atoms with Gasteiger partial charge in [-0.25, -0.2) is 0 Å². The van der Waals surface area contributed by atoms with E-state index in [-0.39, 0.29) is 34.7 Å². The lowest BCUT2D eigenvalue weighted by Crippen LogP contribution is -2.76. The number of carbonyl (C=O) groups is 1. The topological polar surface area (TPSA) is 55.1 Å². The van der Waals surface area contributed by atoms with E-state index in [2.05, 4.69) is 33.0 Å². The van der Waals surface area contributed by atoms with E-state index in [4.69, 9.17) is 5.73 Å². The average molecular weight is 250 g/mol. The van der Waals surface area contributed by atoms with E-state index in [0.717, 1.165) is 24.7 Å². The Labute approximate surface area is 110 Å². The van der Waals surface area contributed by atoms with Crippen molar-refractivity contribution in [3.63, 3.8) is 0 Å². The molecule has 1 amide bonds. The van der Waals surface area contributed by atoms with Crippen LogP contribution in [0.25, 0.3) is 0 Å². The molecule has 2 atom stereocenters. The number of carbonyl (C=O) groups excluding carboxylic acids is 1. The van der Waals surface area contributed by atoms with Crippen molar-refractivity contribution in [2.75, 3.05) is 0 Å². The zero-order valence-corrected chi connectivity index (χ0v) is 12.0. The summed E-state index contributed by atoms with van der Waals surface area (Å²) in [6.07, 6.45) is 3.61. The lowest BCUT2D eigenvalue weighted by molar-refractivity contribution is -0.136. The van der Waals surface area contributed by atoms with Gasteiger partial charge in [0.15, 0.2) is 0 Å². The van der Waals surface area contributed by atoms with Gasteiger partial charge in [-0.2, -0.15) is 0 Å². The van der Waals surface area contributed by atoms with Gasteiger partial charge in [0.1, 0.15) is 0 Å². The van der Waals surface area contributed by atoms with Gasteiger partial charge in [0.05, 0.1) is 0 Å². The molecule has 18 heavy (non-hydrogen) atoms. The molecule has 0 heterocycles. The van der Waals surface area contributed by atoms with Gasteiger partial charge in [-0.1, -0.05) is 27.7 Å². The van der Waals surface area contributed by atoms with E-state index in [1.807, 2.05) is 0 Å². The summed E-state index contributed by atoms with van der Waals surface area (Å²) in [5.74, 6) is 2.29. The highest BCUT2D eigenvalue weighted by Gasteiger charge is 2.61. The number of nitrogens with one attached hydrogen (secondary N) is 1. The maximum atomic E-state index is 12.3. The van der Waals surface area contributed by atoms with Crippen LogP contribution in [0.1, 0.15) is 47.0 Å². The van der Waals surface area contributed by atoms with Crippen molar-refractivity contribution in [1.29, 1.82) is 0 Å². The number of amides is 1. The summed E-state index contributed by atoms with van der Waals surface area (Å²) in [5, 5.41) is 3.29. The summed E-state index contributed by atoms with van der Waals surface area (Å²) in [6.45, 7) is 8.67. The van der Waals surface area contributed by atoms with Crippen LogP contribution in [0.3, 0.4) is 0 Å². The maximum Gasteiger partial charge on any atom is 0.223 e. The first-order chi connectivity index (χ1) is 8.24. The summed E-state index contributed by atoms with van der Waals surface area (Å²) >= 11 is 0. The van der Waals surface area contributed by atoms with E-state index < -0.39 is 0 Å². The average Bonchev–Trinajstić information content (AvgIpc) is 2.91. The quantitative estimate of drug-likeness (QED) is 0.786. The summed E-state index contributed by atoms with van der Waals surface area (Å²) in [7, 11) is 0. The van der Waals surface area contributed by atoms with Crippen LogP contribution in [-0.2, 0) is 4.79 Å². The molecule has 2 unspecified atom stereocenters. The predicted octanol–water partition coefficient (Wildman–Crippen LogP) is 1.91. The Kier molecular flexibility index (Phi) is 2.42. The second-order valence-electron chi connectivity index (χ2n) is 7.99. The van der Waals surface area contributed by atoms with Gasteiger partial charge < -0.3 is 11.1 Å². The van der Waals surface area contributed by atoms with Gasteiger partial charge in [0.2, 0.25) is 5.91 Å². The fourth-order valence-corrected chi connectivity index (χ4v) is 4.74. The summed E-state index contributed by atoms with van der Waals surface area (Å²) in [6, 6.07) is 0.372. The SMILES string of the molecule is CC1(C)C(N)C(C)(C)C1NC(=O)C1CC2CC2C1. The lowest BCUT2D eigenvalue weighted by atomic mass is 9.48. The first kappa shape index (κ1) is 12.5. The minimum absolute atomic E-state index is 0.0146. The standard InChI is InChI=1S/C15H26N2O/c1-14(2)12(16)15(3,4)13(14)17-11(18)10-6-8-5-9(8)7-10/h8-10,12-13H,5-7,16H2,1-4H3,(H,17,18). The molecule has 3 saturated carbocycles. The Hall–Kier alpha value is -0.570. The number of rotatable bonds is 2. The van der Waals surface area contributed by atoms with Crippen molar-refractivity contribution >= 4 is 5.91 Å². The smallest absolute Gasteiger partial charge is 0.223 e. The van der Waals surface area contributed by atoms with Gasteiger partial charge in [0, 0.05) is 28.8 Å². The van der Waals surface area contributed by atoms with Gasteiger partial charge in [-0.05, 0) is 31.1 Å². The Bertz CT molecular complexity index is 362. The molecule has 3 aliphatic carbocycles. The zero-order chi connectivity index (χ0) is 13.3. The first-order valence-corrected chi connectivity index (χ1v) is 7.30. The fraction of sp³-hybridized carbons (Fsp3) is 0.933. The molecule has 0 aromatic heterocycles. The monoisotopic (exact) mass is 250 g/mol. The van der Waals surface area contributed by atoms with Gasteiger partial charge >= 0.3 is 0 Å². The normalized spacial score (nSPS) is 47.1. The molecule has 3 nitrogen and oxygen atoms in total. The van der Waals surface area contributed by atoms with E-state index in [0.29, 0.717) is 0 Å². The third-order valence-electron chi connectivity index (χ3n) is 5.99. The fourth-order valence-electron chi connectivity index (χ4n) is 4.74. The third-order valence-corrected chi connectivity index (χ3v) is 5.99. The van der Waals surface area contributed by atoms with E-state index in [9.17, 15) is 4.79 Å². The molecule has 0 aromatic rings. The highest BCUT2D eigenvalue weighted by molar-refractivity contribution is 5.80. The van der Waals surface area contributed by atoms with Gasteiger partial charge in [0.25, 0.3) is 0 Å². The molecular weight excluding hydrogens is 224 g/mol. The van der Waals surface area contributed by atoms with Crippen LogP contribution in [0, 0.1) is 28.6 Å². The van der Waals surface area contributed by atoms with E-state index in [1.54, 1.807) is 0 Å². The van der Waals surface area contributed by atoms with Crippen molar-refractivity contribution in [3.8, 4) is 0 Å². The predicted molar refractivity (Wildman–Crippen MR) is 71.8 cm³/mol. The van der Waals surface area contributed by atoms with Crippen molar-refractivity contribution in [2.24, 2.45) is 34.3 Å². The largest absolute Gasteiger partial charge is 0.352 e. The van der Waals surface area contributed by atoms with Crippen LogP contribution in [0.5, 0.6) is 0 Å². The first-order valence-electron chi connectivity index (χ1n) is 7.30. The lowest BCUT2D eigenvalue weighted by Gasteiger charge is -2.63. The molecule has 3 fully saturated rings. The second kappa shape index (κ2) is 3.50. The van der Waals surface area contributed by atoms with E-state index >= 15 is 0 Å².